The van der Waals surface area contributed by atoms with Crippen LogP contribution in [0.2, 0.25) is 0 Å². The minimum absolute atomic E-state index is 0.148. The van der Waals surface area contributed by atoms with Crippen molar-refractivity contribution in [2.75, 3.05) is 7.11 Å². The van der Waals surface area contributed by atoms with Gasteiger partial charge in [0, 0.05) is 17.8 Å². The molecule has 0 aromatic carbocycles. The van der Waals surface area contributed by atoms with E-state index < -0.39 is 6.09 Å². The van der Waals surface area contributed by atoms with Gasteiger partial charge in [-0.3, -0.25) is 4.79 Å². The quantitative estimate of drug-likeness (QED) is 0.783. The Morgan fingerprint density at radius 1 is 1.29 bits per heavy atom. The van der Waals surface area contributed by atoms with Crippen molar-refractivity contribution in [1.29, 1.82) is 0 Å². The van der Waals surface area contributed by atoms with Gasteiger partial charge < -0.3 is 9.47 Å². The van der Waals surface area contributed by atoms with Gasteiger partial charge in [0.2, 0.25) is 0 Å². The summed E-state index contributed by atoms with van der Waals surface area (Å²) in [5.74, 6) is -0.316. The van der Waals surface area contributed by atoms with Crippen LogP contribution in [0.25, 0.3) is 0 Å². The second kappa shape index (κ2) is 5.50. The lowest BCUT2D eigenvalue weighted by Crippen LogP contribution is -2.41. The third-order valence-electron chi connectivity index (χ3n) is 5.02. The molecule has 0 bridgehead atoms. The number of carbonyl (C=O) groups excluding carboxylic acids is 2. The van der Waals surface area contributed by atoms with Crippen LogP contribution in [-0.2, 0) is 14.3 Å². The summed E-state index contributed by atoms with van der Waals surface area (Å²) in [6.45, 7) is 0. The zero-order valence-corrected chi connectivity index (χ0v) is 12.2. The molecule has 6 nitrogen and oxygen atoms in total. The van der Waals surface area contributed by atoms with Gasteiger partial charge in [0.1, 0.15) is 12.4 Å². The smallest absolute Gasteiger partial charge is 0.419 e. The topological polar surface area (TPSA) is 70.4 Å². The Bertz CT molecular complexity index is 524. The summed E-state index contributed by atoms with van der Waals surface area (Å²) in [4.78, 5) is 28.0. The van der Waals surface area contributed by atoms with Gasteiger partial charge in [-0.2, -0.15) is 0 Å². The molecule has 6 heteroatoms. The van der Waals surface area contributed by atoms with E-state index >= 15 is 0 Å². The number of nitrogens with zero attached hydrogens (tertiary/aromatic N) is 2. The molecule has 0 saturated heterocycles. The van der Waals surface area contributed by atoms with E-state index in [9.17, 15) is 9.59 Å². The Morgan fingerprint density at radius 3 is 2.71 bits per heavy atom. The van der Waals surface area contributed by atoms with Crippen molar-refractivity contribution in [3.8, 4) is 0 Å². The van der Waals surface area contributed by atoms with E-state index in [0.29, 0.717) is 0 Å². The number of carbonyl (C=O) groups is 2. The summed E-state index contributed by atoms with van der Waals surface area (Å²) in [5.41, 5.74) is -0.233. The highest BCUT2D eigenvalue weighted by atomic mass is 16.6. The zero-order valence-electron chi connectivity index (χ0n) is 12.2. The van der Waals surface area contributed by atoms with Gasteiger partial charge in [0.25, 0.3) is 0 Å². The minimum atomic E-state index is -0.422. The lowest BCUT2D eigenvalue weighted by Gasteiger charge is -2.35. The maximum absolute atomic E-state index is 12.1. The number of aromatic nitrogens is 2. The minimum Gasteiger partial charge on any atom is -0.469 e. The van der Waals surface area contributed by atoms with Crippen molar-refractivity contribution in [3.63, 3.8) is 0 Å². The highest BCUT2D eigenvalue weighted by Gasteiger charge is 2.56. The van der Waals surface area contributed by atoms with Gasteiger partial charge in [-0.05, 0) is 32.1 Å². The van der Waals surface area contributed by atoms with Gasteiger partial charge in [-0.25, -0.2) is 14.3 Å². The van der Waals surface area contributed by atoms with E-state index in [1.165, 1.54) is 18.0 Å². The molecule has 3 atom stereocenters. The van der Waals surface area contributed by atoms with E-state index in [1.807, 2.05) is 0 Å². The van der Waals surface area contributed by atoms with Gasteiger partial charge >= 0.3 is 12.1 Å². The average Bonchev–Trinajstić information content (AvgIpc) is 3.21. The molecule has 1 heterocycles. The first-order valence-electron chi connectivity index (χ1n) is 7.44. The molecular weight excluding hydrogens is 272 g/mol. The predicted octanol–water partition coefficient (Wildman–Crippen LogP) is 2.38. The zero-order chi connectivity index (χ0) is 14.9. The van der Waals surface area contributed by atoms with Gasteiger partial charge in [-0.15, -0.1) is 0 Å². The van der Waals surface area contributed by atoms with Crippen LogP contribution in [0.4, 0.5) is 4.79 Å². The Hall–Kier alpha value is -1.85. The summed E-state index contributed by atoms with van der Waals surface area (Å²) >= 11 is 0. The number of methoxy groups -OCH3 is 1. The number of imidazole rings is 1. The molecule has 0 aliphatic heterocycles. The highest BCUT2D eigenvalue weighted by Crippen LogP contribution is 2.55. The maximum Gasteiger partial charge on any atom is 0.419 e. The van der Waals surface area contributed by atoms with Crippen LogP contribution in [0.5, 0.6) is 0 Å². The number of esters is 1. The summed E-state index contributed by atoms with van der Waals surface area (Å²) in [7, 11) is 1.43. The van der Waals surface area contributed by atoms with E-state index in [1.54, 1.807) is 12.4 Å². The van der Waals surface area contributed by atoms with Crippen LogP contribution in [0.3, 0.4) is 0 Å². The standard InChI is InChI=1S/C15H20N2O4/c1-20-13(18)11-4-2-6-15(11)7-3-5-12(15)21-14(19)17-9-8-16-10-17/h8-12H,2-7H2,1H3/t11?,12-,15+/m0/s1. The lowest BCUT2D eigenvalue weighted by atomic mass is 9.74. The van der Waals surface area contributed by atoms with Crippen molar-refractivity contribution < 1.29 is 19.1 Å². The Balaban J connectivity index is 1.78. The second-order valence-electron chi connectivity index (χ2n) is 5.94. The molecule has 21 heavy (non-hydrogen) atoms. The number of hydrogen-bond donors (Lipinski definition) is 0. The van der Waals surface area contributed by atoms with Crippen molar-refractivity contribution in [1.82, 2.24) is 9.55 Å². The number of ether oxygens (including phenoxy) is 2. The Morgan fingerprint density at radius 2 is 2.05 bits per heavy atom. The molecule has 2 fully saturated rings. The SMILES string of the molecule is COC(=O)C1CCC[C@@]12CCC[C@@H]2OC(=O)n1ccnc1. The van der Waals surface area contributed by atoms with Crippen LogP contribution < -0.4 is 0 Å². The first-order valence-corrected chi connectivity index (χ1v) is 7.44. The van der Waals surface area contributed by atoms with Crippen molar-refractivity contribution >= 4 is 12.1 Å². The average molecular weight is 292 g/mol. The number of rotatable bonds is 2. The van der Waals surface area contributed by atoms with Crippen LogP contribution in [0, 0.1) is 11.3 Å². The second-order valence-corrected chi connectivity index (χ2v) is 5.94. The van der Waals surface area contributed by atoms with E-state index in [-0.39, 0.29) is 23.4 Å². The van der Waals surface area contributed by atoms with Crippen LogP contribution >= 0.6 is 0 Å². The predicted molar refractivity (Wildman–Crippen MR) is 73.5 cm³/mol. The largest absolute Gasteiger partial charge is 0.469 e. The first-order chi connectivity index (χ1) is 10.2. The highest BCUT2D eigenvalue weighted by molar-refractivity contribution is 5.74. The maximum atomic E-state index is 12.1. The first kappa shape index (κ1) is 14.1. The molecule has 0 N–H and O–H groups in total. The molecule has 1 aromatic rings. The summed E-state index contributed by atoms with van der Waals surface area (Å²) in [5, 5.41) is 0. The Labute approximate surface area is 123 Å². The fourth-order valence-corrected chi connectivity index (χ4v) is 4.07. The summed E-state index contributed by atoms with van der Waals surface area (Å²) in [6, 6.07) is 0. The molecule has 1 unspecified atom stereocenters. The molecule has 2 saturated carbocycles. The van der Waals surface area contributed by atoms with Gasteiger partial charge in [-0.1, -0.05) is 6.42 Å². The molecule has 114 valence electrons. The third-order valence-corrected chi connectivity index (χ3v) is 5.02. The van der Waals surface area contributed by atoms with E-state index in [2.05, 4.69) is 4.98 Å². The molecule has 2 aliphatic rings. The molecule has 2 aliphatic carbocycles. The van der Waals surface area contributed by atoms with Crippen LogP contribution in [0.15, 0.2) is 18.7 Å². The third kappa shape index (κ3) is 2.32. The lowest BCUT2D eigenvalue weighted by molar-refractivity contribution is -0.152. The summed E-state index contributed by atoms with van der Waals surface area (Å²) < 4.78 is 12.0. The van der Waals surface area contributed by atoms with Crippen molar-refractivity contribution in [2.24, 2.45) is 11.3 Å². The van der Waals surface area contributed by atoms with Crippen molar-refractivity contribution in [2.45, 2.75) is 44.6 Å². The monoisotopic (exact) mass is 292 g/mol. The molecule has 1 aromatic heterocycles. The van der Waals surface area contributed by atoms with E-state index in [0.717, 1.165) is 38.5 Å². The summed E-state index contributed by atoms with van der Waals surface area (Å²) in [6.07, 6.45) is 9.36. The fraction of sp³-hybridized carbons (Fsp3) is 0.667. The van der Waals surface area contributed by atoms with Gasteiger partial charge in [0.15, 0.2) is 0 Å². The van der Waals surface area contributed by atoms with Crippen molar-refractivity contribution in [3.05, 3.63) is 18.7 Å². The molecular formula is C15H20N2O4. The molecule has 0 amide bonds. The molecule has 0 radical (unpaired) electrons. The van der Waals surface area contributed by atoms with Gasteiger partial charge in [0.05, 0.1) is 13.0 Å². The molecule has 3 rings (SSSR count). The van der Waals surface area contributed by atoms with Crippen LogP contribution in [-0.4, -0.2) is 34.8 Å². The van der Waals surface area contributed by atoms with E-state index in [4.69, 9.17) is 9.47 Å². The molecule has 1 spiro atoms. The normalized spacial score (nSPS) is 31.5. The van der Waals surface area contributed by atoms with Crippen LogP contribution in [0.1, 0.15) is 38.5 Å². The number of hydrogen-bond acceptors (Lipinski definition) is 5. The Kier molecular flexibility index (Phi) is 3.69. The fourth-order valence-electron chi connectivity index (χ4n) is 4.07.